The van der Waals surface area contributed by atoms with Crippen LogP contribution in [0.5, 0.6) is 0 Å². The van der Waals surface area contributed by atoms with Crippen LogP contribution in [-0.2, 0) is 6.42 Å². The van der Waals surface area contributed by atoms with Crippen LogP contribution in [0.15, 0.2) is 170 Å². The fourth-order valence-electron chi connectivity index (χ4n) is 6.80. The lowest BCUT2D eigenvalue weighted by Gasteiger charge is -2.12. The Hall–Kier alpha value is -6.85. The van der Waals surface area contributed by atoms with E-state index in [0.29, 0.717) is 5.82 Å². The molecule has 0 spiro atoms. The molecule has 0 fully saturated rings. The van der Waals surface area contributed by atoms with Crippen LogP contribution in [0.4, 0.5) is 0 Å². The van der Waals surface area contributed by atoms with Gasteiger partial charge in [-0.05, 0) is 59.5 Å². The molecule has 0 N–H and O–H groups in total. The maximum Gasteiger partial charge on any atom is 0.160 e. The number of nitrogens with zero attached hydrogens (tertiary/aromatic N) is 5. The summed E-state index contributed by atoms with van der Waals surface area (Å²) in [6.45, 7) is 2.20. The lowest BCUT2D eigenvalue weighted by Crippen LogP contribution is -1.97. The number of benzene rings is 5. The van der Waals surface area contributed by atoms with Gasteiger partial charge in [0.15, 0.2) is 5.82 Å². The SMILES string of the molecule is CCc1cc(-c2ccccc2)nc2c1ccc1ccc(-c3ccc(-c4cccc(-c5nc(-c6ccccc6)cc(-c6ccccn6)n5)c4)cc3)nc12. The maximum atomic E-state index is 5.22. The van der Waals surface area contributed by atoms with Crippen LogP contribution in [0.1, 0.15) is 12.5 Å². The minimum Gasteiger partial charge on any atom is -0.255 e. The molecule has 5 aromatic carbocycles. The smallest absolute Gasteiger partial charge is 0.160 e. The number of pyridine rings is 3. The zero-order valence-corrected chi connectivity index (χ0v) is 28.6. The number of rotatable bonds is 7. The van der Waals surface area contributed by atoms with Crippen LogP contribution in [0.25, 0.3) is 89.5 Å². The Morgan fingerprint density at radius 2 is 1.00 bits per heavy atom. The van der Waals surface area contributed by atoms with Gasteiger partial charge in [0, 0.05) is 39.2 Å². The van der Waals surface area contributed by atoms with E-state index in [1.807, 2.05) is 48.5 Å². The van der Waals surface area contributed by atoms with Crippen molar-refractivity contribution in [1.29, 1.82) is 0 Å². The van der Waals surface area contributed by atoms with Crippen LogP contribution < -0.4 is 0 Å². The van der Waals surface area contributed by atoms with E-state index in [9.17, 15) is 0 Å². The minimum absolute atomic E-state index is 0.656. The summed E-state index contributed by atoms with van der Waals surface area (Å²) < 4.78 is 0. The van der Waals surface area contributed by atoms with Crippen LogP contribution in [0.2, 0.25) is 0 Å². The molecule has 246 valence electrons. The second-order valence-corrected chi connectivity index (χ2v) is 12.8. The Bertz CT molecular complexity index is 2630. The first-order chi connectivity index (χ1) is 25.7. The summed E-state index contributed by atoms with van der Waals surface area (Å²) in [5.74, 6) is 0.656. The van der Waals surface area contributed by atoms with Gasteiger partial charge in [-0.15, -0.1) is 0 Å². The molecular formula is C47H33N5. The van der Waals surface area contributed by atoms with Crippen molar-refractivity contribution in [3.8, 4) is 67.7 Å². The zero-order chi connectivity index (χ0) is 34.9. The Balaban J connectivity index is 1.08. The topological polar surface area (TPSA) is 64.5 Å². The number of aromatic nitrogens is 5. The molecule has 0 aliphatic carbocycles. The van der Waals surface area contributed by atoms with E-state index in [1.54, 1.807) is 6.20 Å². The van der Waals surface area contributed by atoms with Gasteiger partial charge in [0.05, 0.1) is 39.5 Å². The predicted octanol–water partition coefficient (Wildman–Crippen LogP) is 11.5. The van der Waals surface area contributed by atoms with Gasteiger partial charge in [0.25, 0.3) is 0 Å². The summed E-state index contributed by atoms with van der Waals surface area (Å²) >= 11 is 0. The van der Waals surface area contributed by atoms with E-state index in [-0.39, 0.29) is 0 Å². The summed E-state index contributed by atoms with van der Waals surface area (Å²) in [4.78, 5) is 25.0. The van der Waals surface area contributed by atoms with Crippen LogP contribution in [0, 0.1) is 0 Å². The Kier molecular flexibility index (Phi) is 8.06. The third kappa shape index (κ3) is 5.99. The molecule has 0 amide bonds. The zero-order valence-electron chi connectivity index (χ0n) is 28.6. The molecule has 0 atom stereocenters. The molecule has 0 aliphatic rings. The fourth-order valence-corrected chi connectivity index (χ4v) is 6.80. The largest absolute Gasteiger partial charge is 0.255 e. The molecule has 5 nitrogen and oxygen atoms in total. The average molecular weight is 668 g/mol. The molecule has 9 aromatic rings. The van der Waals surface area contributed by atoms with E-state index in [2.05, 4.69) is 127 Å². The minimum atomic E-state index is 0.656. The number of aryl methyl sites for hydroxylation is 1. The first-order valence-electron chi connectivity index (χ1n) is 17.6. The van der Waals surface area contributed by atoms with Crippen LogP contribution >= 0.6 is 0 Å². The number of fused-ring (bicyclic) bond motifs is 3. The Morgan fingerprint density at radius 1 is 0.385 bits per heavy atom. The number of hydrogen-bond donors (Lipinski definition) is 0. The third-order valence-electron chi connectivity index (χ3n) is 9.53. The highest BCUT2D eigenvalue weighted by atomic mass is 14.9. The van der Waals surface area contributed by atoms with Gasteiger partial charge in [0.1, 0.15) is 0 Å². The molecule has 4 aromatic heterocycles. The van der Waals surface area contributed by atoms with Gasteiger partial charge < -0.3 is 0 Å². The average Bonchev–Trinajstić information content (AvgIpc) is 3.24. The van der Waals surface area contributed by atoms with Gasteiger partial charge in [-0.3, -0.25) is 4.98 Å². The summed E-state index contributed by atoms with van der Waals surface area (Å²) in [6, 6.07) is 56.3. The van der Waals surface area contributed by atoms with E-state index >= 15 is 0 Å². The highest BCUT2D eigenvalue weighted by Crippen LogP contribution is 2.33. The molecule has 52 heavy (non-hydrogen) atoms. The Labute approximate surface area is 302 Å². The van der Waals surface area contributed by atoms with Crippen molar-refractivity contribution in [1.82, 2.24) is 24.9 Å². The lowest BCUT2D eigenvalue weighted by molar-refractivity contribution is 1.15. The number of hydrogen-bond acceptors (Lipinski definition) is 5. The van der Waals surface area contributed by atoms with Gasteiger partial charge in [0.2, 0.25) is 0 Å². The maximum absolute atomic E-state index is 5.22. The second-order valence-electron chi connectivity index (χ2n) is 12.8. The summed E-state index contributed by atoms with van der Waals surface area (Å²) in [5.41, 5.74) is 13.8. The first kappa shape index (κ1) is 31.2. The van der Waals surface area contributed by atoms with E-state index in [1.165, 1.54) is 5.56 Å². The molecule has 5 heteroatoms. The highest BCUT2D eigenvalue weighted by Gasteiger charge is 2.14. The van der Waals surface area contributed by atoms with Crippen molar-refractivity contribution in [3.63, 3.8) is 0 Å². The molecule has 9 rings (SSSR count). The van der Waals surface area contributed by atoms with E-state index < -0.39 is 0 Å². The standard InChI is InChI=1S/C47H33N5/c1-2-31-29-42(33-12-5-3-6-13-33)50-46-39(31)25-23-36-24-26-40(49-45(36)46)35-21-19-32(20-22-35)37-16-11-17-38(28-37)47-51-43(34-14-7-4-8-15-34)30-44(52-47)41-18-9-10-27-48-41/h3-30H,2H2,1H3. The normalized spacial score (nSPS) is 11.2. The lowest BCUT2D eigenvalue weighted by atomic mass is 9.99. The molecule has 0 saturated carbocycles. The fraction of sp³-hybridized carbons (Fsp3) is 0.0426. The molecule has 4 heterocycles. The van der Waals surface area contributed by atoms with Gasteiger partial charge in [-0.25, -0.2) is 19.9 Å². The Morgan fingerprint density at radius 3 is 1.73 bits per heavy atom. The molecular weight excluding hydrogens is 635 g/mol. The van der Waals surface area contributed by atoms with E-state index in [4.69, 9.17) is 19.9 Å². The molecule has 0 saturated heterocycles. The van der Waals surface area contributed by atoms with Gasteiger partial charge in [-0.1, -0.05) is 134 Å². The summed E-state index contributed by atoms with van der Waals surface area (Å²) in [6.07, 6.45) is 2.71. The quantitative estimate of drug-likeness (QED) is 0.158. The van der Waals surface area contributed by atoms with Crippen molar-refractivity contribution in [3.05, 3.63) is 176 Å². The monoisotopic (exact) mass is 667 g/mol. The van der Waals surface area contributed by atoms with Crippen LogP contribution in [0.3, 0.4) is 0 Å². The molecule has 0 aliphatic heterocycles. The summed E-state index contributed by atoms with van der Waals surface area (Å²) in [7, 11) is 0. The second kappa shape index (κ2) is 13.5. The van der Waals surface area contributed by atoms with Crippen molar-refractivity contribution >= 4 is 21.8 Å². The van der Waals surface area contributed by atoms with E-state index in [0.717, 1.165) is 90.1 Å². The first-order valence-corrected chi connectivity index (χ1v) is 17.6. The van der Waals surface area contributed by atoms with Crippen molar-refractivity contribution in [2.75, 3.05) is 0 Å². The third-order valence-corrected chi connectivity index (χ3v) is 9.53. The highest BCUT2D eigenvalue weighted by molar-refractivity contribution is 6.05. The van der Waals surface area contributed by atoms with Gasteiger partial charge >= 0.3 is 0 Å². The van der Waals surface area contributed by atoms with Crippen molar-refractivity contribution < 1.29 is 0 Å². The molecule has 0 radical (unpaired) electrons. The molecule has 0 bridgehead atoms. The predicted molar refractivity (Wildman–Crippen MR) is 212 cm³/mol. The van der Waals surface area contributed by atoms with Gasteiger partial charge in [-0.2, -0.15) is 0 Å². The summed E-state index contributed by atoms with van der Waals surface area (Å²) in [5, 5.41) is 2.23. The van der Waals surface area contributed by atoms with Crippen molar-refractivity contribution in [2.45, 2.75) is 13.3 Å². The molecule has 0 unspecified atom stereocenters. The van der Waals surface area contributed by atoms with Crippen molar-refractivity contribution in [2.24, 2.45) is 0 Å². The van der Waals surface area contributed by atoms with Crippen LogP contribution in [-0.4, -0.2) is 24.9 Å².